The van der Waals surface area contributed by atoms with E-state index in [2.05, 4.69) is 6.92 Å². The van der Waals surface area contributed by atoms with Crippen LogP contribution in [0.25, 0.3) is 0 Å². The van der Waals surface area contributed by atoms with E-state index in [1.165, 1.54) is 4.90 Å². The van der Waals surface area contributed by atoms with Gasteiger partial charge < -0.3 is 29.3 Å². The Morgan fingerprint density at radius 3 is 2.43 bits per heavy atom. The Labute approximate surface area is 278 Å². The van der Waals surface area contributed by atoms with Crippen molar-refractivity contribution in [1.82, 2.24) is 14.7 Å². The topological polar surface area (TPSA) is 117 Å². The third-order valence-electron chi connectivity index (χ3n) is 11.0. The molecule has 256 valence electrons. The van der Waals surface area contributed by atoms with Crippen molar-refractivity contribution in [2.45, 2.75) is 109 Å². The van der Waals surface area contributed by atoms with Crippen LogP contribution in [0, 0.1) is 17.8 Å². The summed E-state index contributed by atoms with van der Waals surface area (Å²) in [6, 6.07) is 6.94. The van der Waals surface area contributed by atoms with E-state index in [9.17, 15) is 24.3 Å². The van der Waals surface area contributed by atoms with Gasteiger partial charge in [0.1, 0.15) is 23.7 Å². The zero-order valence-corrected chi connectivity index (χ0v) is 28.6. The van der Waals surface area contributed by atoms with Gasteiger partial charge in [-0.3, -0.25) is 19.2 Å². The van der Waals surface area contributed by atoms with Crippen molar-refractivity contribution in [3.63, 3.8) is 0 Å². The van der Waals surface area contributed by atoms with Gasteiger partial charge in [-0.2, -0.15) is 0 Å². The predicted octanol–water partition coefficient (Wildman–Crippen LogP) is 4.04. The smallest absolute Gasteiger partial charge is 0.313 e. The fourth-order valence-corrected chi connectivity index (χ4v) is 7.96. The van der Waals surface area contributed by atoms with Gasteiger partial charge >= 0.3 is 5.97 Å². The fraction of sp³-hybridized carbons (Fsp3) is 0.622. The van der Waals surface area contributed by atoms with Crippen molar-refractivity contribution >= 4 is 23.7 Å². The molecule has 4 aliphatic rings. The highest BCUT2D eigenvalue weighted by molar-refractivity contribution is 5.99. The maximum atomic E-state index is 14.9. The van der Waals surface area contributed by atoms with Crippen LogP contribution in [-0.4, -0.2) is 99.6 Å². The average Bonchev–Trinajstić information content (AvgIpc) is 3.72. The molecule has 5 rings (SSSR count). The maximum Gasteiger partial charge on any atom is 0.313 e. The summed E-state index contributed by atoms with van der Waals surface area (Å²) in [5, 5.41) is 10.7. The summed E-state index contributed by atoms with van der Waals surface area (Å²) in [6.45, 7) is 9.84. The van der Waals surface area contributed by atoms with Crippen LogP contribution in [0.3, 0.4) is 0 Å². The van der Waals surface area contributed by atoms with Crippen LogP contribution in [0.15, 0.2) is 54.6 Å². The number of allylic oxidation sites excluding steroid dienone is 1. The molecule has 1 spiro atoms. The molecule has 1 unspecified atom stereocenters. The van der Waals surface area contributed by atoms with E-state index in [1.54, 1.807) is 29.0 Å². The molecule has 3 amide bonds. The van der Waals surface area contributed by atoms with Gasteiger partial charge in [0.2, 0.25) is 17.7 Å². The number of aliphatic hydroxyl groups is 1. The summed E-state index contributed by atoms with van der Waals surface area (Å²) in [5.74, 6) is -3.47. The molecule has 0 radical (unpaired) electrons. The maximum absolute atomic E-state index is 14.9. The van der Waals surface area contributed by atoms with Crippen molar-refractivity contribution in [2.24, 2.45) is 17.8 Å². The summed E-state index contributed by atoms with van der Waals surface area (Å²) in [4.78, 5) is 62.2. The standard InChI is InChI=1S/C37H51N3O7/c1-7-15-24(4)39-21-14-10-13-18-29(42)38(6)25(5)32(26-16-11-9-12-17-26)46-36(45)30-28-19-20-37(47-28)31(30)34(43)40(33(37)35(39)44)27(22-41)23(3)8-2/h9-12,14,16-17,19-20,23-25,27-28,30-33,41H,7-8,13,15,18,21-22H2,1-6H3/b14-10-/t23-,24?,25+,27-,28-,30+,31+,32-,33-,37+/m0/s1. The van der Waals surface area contributed by atoms with Gasteiger partial charge in [-0.1, -0.05) is 88.2 Å². The highest BCUT2D eigenvalue weighted by Gasteiger charge is 2.74. The minimum absolute atomic E-state index is 0.0918. The Morgan fingerprint density at radius 2 is 1.77 bits per heavy atom. The lowest BCUT2D eigenvalue weighted by molar-refractivity contribution is -0.164. The molecular weight excluding hydrogens is 598 g/mol. The highest BCUT2D eigenvalue weighted by atomic mass is 16.6. The Hall–Kier alpha value is -3.50. The molecule has 0 aliphatic carbocycles. The van der Waals surface area contributed by atoms with Gasteiger partial charge in [0.25, 0.3) is 0 Å². The molecule has 1 aromatic rings. The first-order valence-electron chi connectivity index (χ1n) is 17.3. The monoisotopic (exact) mass is 649 g/mol. The number of fused-ring (bicyclic) bond motifs is 2. The van der Waals surface area contributed by atoms with Crippen LogP contribution in [0.4, 0.5) is 0 Å². The number of carbonyl (C=O) groups excluding carboxylic acids is 4. The minimum atomic E-state index is -1.38. The molecule has 4 aliphatic heterocycles. The molecule has 2 fully saturated rings. The Kier molecular flexibility index (Phi) is 10.6. The minimum Gasteiger partial charge on any atom is -0.455 e. The molecule has 1 N–H and O–H groups in total. The second-order valence-electron chi connectivity index (χ2n) is 13.7. The second-order valence-corrected chi connectivity index (χ2v) is 13.7. The van der Waals surface area contributed by atoms with Crippen LogP contribution in [-0.2, 0) is 28.7 Å². The molecule has 0 aromatic heterocycles. The first-order chi connectivity index (χ1) is 22.5. The zero-order valence-electron chi connectivity index (χ0n) is 28.6. The number of esters is 1. The number of hydrogen-bond acceptors (Lipinski definition) is 7. The van der Waals surface area contributed by atoms with Crippen molar-refractivity contribution in [2.75, 3.05) is 20.2 Å². The fourth-order valence-electron chi connectivity index (χ4n) is 7.96. The number of carbonyl (C=O) groups is 4. The van der Waals surface area contributed by atoms with Gasteiger partial charge in [0, 0.05) is 26.1 Å². The van der Waals surface area contributed by atoms with Crippen molar-refractivity contribution < 1.29 is 33.8 Å². The third kappa shape index (κ3) is 6.15. The molecule has 10 atom stereocenters. The van der Waals surface area contributed by atoms with Gasteiger partial charge in [0.05, 0.1) is 30.7 Å². The molecule has 5 bridgehead atoms. The number of benzene rings is 1. The molecule has 10 heteroatoms. The largest absolute Gasteiger partial charge is 0.455 e. The normalized spacial score (nSPS) is 34.0. The van der Waals surface area contributed by atoms with Crippen molar-refractivity contribution in [3.05, 3.63) is 60.2 Å². The number of cyclic esters (lactones) is 1. The molecule has 0 saturated carbocycles. The van der Waals surface area contributed by atoms with E-state index in [-0.39, 0.29) is 42.7 Å². The number of likely N-dealkylation sites (N-methyl/N-ethyl adjacent to an activating group) is 1. The number of likely N-dealkylation sites (tertiary alicyclic amines) is 1. The van der Waals surface area contributed by atoms with E-state index in [0.29, 0.717) is 19.4 Å². The number of amides is 3. The van der Waals surface area contributed by atoms with Gasteiger partial charge in [0.15, 0.2) is 0 Å². The predicted molar refractivity (Wildman–Crippen MR) is 177 cm³/mol. The van der Waals surface area contributed by atoms with Crippen molar-refractivity contribution in [3.8, 4) is 0 Å². The number of nitrogens with zero attached hydrogens (tertiary/aromatic N) is 3. The molecule has 1 aromatic carbocycles. The number of ether oxygens (including phenoxy) is 2. The van der Waals surface area contributed by atoms with Gasteiger partial charge in [-0.15, -0.1) is 0 Å². The van der Waals surface area contributed by atoms with Crippen LogP contribution >= 0.6 is 0 Å². The second kappa shape index (κ2) is 14.3. The van der Waals surface area contributed by atoms with E-state index in [1.807, 2.05) is 70.2 Å². The van der Waals surface area contributed by atoms with E-state index < -0.39 is 53.7 Å². The van der Waals surface area contributed by atoms with E-state index >= 15 is 0 Å². The zero-order chi connectivity index (χ0) is 34.0. The third-order valence-corrected chi connectivity index (χ3v) is 11.0. The van der Waals surface area contributed by atoms with Crippen LogP contribution in [0.1, 0.15) is 78.4 Å². The lowest BCUT2D eigenvalue weighted by Crippen LogP contribution is -2.60. The molecule has 10 nitrogen and oxygen atoms in total. The molecule has 47 heavy (non-hydrogen) atoms. The number of rotatable bonds is 8. The van der Waals surface area contributed by atoms with Gasteiger partial charge in [-0.25, -0.2) is 0 Å². The Morgan fingerprint density at radius 1 is 1.04 bits per heavy atom. The van der Waals surface area contributed by atoms with Crippen LogP contribution < -0.4 is 0 Å². The summed E-state index contributed by atoms with van der Waals surface area (Å²) >= 11 is 0. The SMILES string of the molecule is CCCC(C)N1C/C=C\CCC(=O)N(C)[C@H](C)[C@@H](c2ccccc2)OC(=O)[C@@H]2[C@@H]3C=C[C@]4(O3)[C@H](C1=O)N([C@@H](CO)[C@@H](C)CC)C(=O)[C@@H]24. The summed E-state index contributed by atoms with van der Waals surface area (Å²) in [7, 11) is 1.72. The number of aliphatic hydroxyl groups excluding tert-OH is 1. The Bertz CT molecular complexity index is 1380. The Balaban J connectivity index is 1.64. The van der Waals surface area contributed by atoms with E-state index in [0.717, 1.165) is 18.4 Å². The van der Waals surface area contributed by atoms with Crippen molar-refractivity contribution in [1.29, 1.82) is 0 Å². The molecule has 4 heterocycles. The summed E-state index contributed by atoms with van der Waals surface area (Å²) < 4.78 is 12.9. The average molecular weight is 650 g/mol. The van der Waals surface area contributed by atoms with Crippen LogP contribution in [0.5, 0.6) is 0 Å². The summed E-state index contributed by atoms with van der Waals surface area (Å²) in [6.07, 6.45) is 8.89. The highest BCUT2D eigenvalue weighted by Crippen LogP contribution is 2.56. The first kappa shape index (κ1) is 34.8. The number of hydrogen-bond donors (Lipinski definition) is 1. The lowest BCUT2D eigenvalue weighted by Gasteiger charge is -2.41. The van der Waals surface area contributed by atoms with Crippen LogP contribution in [0.2, 0.25) is 0 Å². The quantitative estimate of drug-likeness (QED) is 0.334. The summed E-state index contributed by atoms with van der Waals surface area (Å²) in [5.41, 5.74) is -0.656. The molecule has 2 saturated heterocycles. The van der Waals surface area contributed by atoms with E-state index in [4.69, 9.17) is 9.47 Å². The lowest BCUT2D eigenvalue weighted by atomic mass is 9.74. The van der Waals surface area contributed by atoms with Gasteiger partial charge in [-0.05, 0) is 38.2 Å². The first-order valence-corrected chi connectivity index (χ1v) is 17.3. The molecular formula is C37H51N3O7.